The Balaban J connectivity index is 1.37. The number of rotatable bonds is 5. The number of piperazine rings is 1. The molecule has 3 aromatic rings. The molecule has 1 aliphatic rings. The second-order valence-corrected chi connectivity index (χ2v) is 7.67. The second kappa shape index (κ2) is 9.18. The lowest BCUT2D eigenvalue weighted by Crippen LogP contribution is -2.48. The molecule has 1 fully saturated rings. The predicted molar refractivity (Wildman–Crippen MR) is 124 cm³/mol. The largest absolute Gasteiger partial charge is 0.495 e. The van der Waals surface area contributed by atoms with Crippen molar-refractivity contribution in [1.82, 2.24) is 4.90 Å². The fraction of sp³-hybridized carbons (Fsp3) is 0.208. The van der Waals surface area contributed by atoms with E-state index in [2.05, 4.69) is 4.90 Å². The van der Waals surface area contributed by atoms with Gasteiger partial charge in [0.2, 0.25) is 5.91 Å². The molecule has 7 heteroatoms. The summed E-state index contributed by atoms with van der Waals surface area (Å²) in [6.07, 6.45) is 3.23. The number of hydrogen-bond acceptors (Lipinski definition) is 5. The van der Waals surface area contributed by atoms with Crippen molar-refractivity contribution in [2.75, 3.05) is 43.9 Å². The number of halogens is 1. The minimum absolute atomic E-state index is 0.0388. The van der Waals surface area contributed by atoms with Crippen LogP contribution in [0.5, 0.6) is 5.75 Å². The van der Waals surface area contributed by atoms with Gasteiger partial charge in [0.1, 0.15) is 17.3 Å². The Hall–Kier alpha value is -3.38. The molecular formula is C24H24ClN3O3. The number of anilines is 2. The lowest BCUT2D eigenvalue weighted by atomic mass is 10.1. The van der Waals surface area contributed by atoms with Gasteiger partial charge in [-0.2, -0.15) is 0 Å². The molecule has 0 spiro atoms. The van der Waals surface area contributed by atoms with Crippen molar-refractivity contribution in [2.24, 2.45) is 0 Å². The fourth-order valence-electron chi connectivity index (χ4n) is 3.64. The Morgan fingerprint density at radius 3 is 2.61 bits per heavy atom. The van der Waals surface area contributed by atoms with Crippen LogP contribution < -0.4 is 15.4 Å². The number of hydrogen-bond donors (Lipinski definition) is 1. The first kappa shape index (κ1) is 20.9. The summed E-state index contributed by atoms with van der Waals surface area (Å²) in [7, 11) is 1.67. The van der Waals surface area contributed by atoms with Gasteiger partial charge in [0.25, 0.3) is 0 Å². The number of ether oxygens (including phenoxy) is 1. The van der Waals surface area contributed by atoms with Gasteiger partial charge in [0.05, 0.1) is 17.8 Å². The summed E-state index contributed by atoms with van der Waals surface area (Å²) < 4.78 is 11.3. The van der Waals surface area contributed by atoms with Crippen molar-refractivity contribution in [3.63, 3.8) is 0 Å². The molecule has 1 saturated heterocycles. The molecule has 2 N–H and O–H groups in total. The molecule has 0 aliphatic carbocycles. The predicted octanol–water partition coefficient (Wildman–Crippen LogP) is 4.55. The van der Waals surface area contributed by atoms with Crippen LogP contribution in [0.3, 0.4) is 0 Å². The van der Waals surface area contributed by atoms with E-state index in [0.717, 1.165) is 30.1 Å². The SMILES string of the molecule is COc1ccccc1N1CCN(C(=O)/C=C/c2ccc(-c3ccc(N)cc3Cl)o2)CC1. The number of nitrogens with zero attached hydrogens (tertiary/aromatic N) is 2. The van der Waals surface area contributed by atoms with E-state index in [1.165, 1.54) is 0 Å². The fourth-order valence-corrected chi connectivity index (χ4v) is 3.92. The maximum absolute atomic E-state index is 12.6. The highest BCUT2D eigenvalue weighted by Crippen LogP contribution is 2.31. The quantitative estimate of drug-likeness (QED) is 0.468. The monoisotopic (exact) mass is 437 g/mol. The normalized spacial score (nSPS) is 14.3. The number of carbonyl (C=O) groups is 1. The Morgan fingerprint density at radius 2 is 1.87 bits per heavy atom. The molecule has 31 heavy (non-hydrogen) atoms. The summed E-state index contributed by atoms with van der Waals surface area (Å²) in [5.41, 5.74) is 8.15. The van der Waals surface area contributed by atoms with Crippen LogP contribution in [0, 0.1) is 0 Å². The van der Waals surface area contributed by atoms with Gasteiger partial charge in [-0.25, -0.2) is 0 Å². The zero-order chi connectivity index (χ0) is 21.8. The topological polar surface area (TPSA) is 71.9 Å². The lowest BCUT2D eigenvalue weighted by Gasteiger charge is -2.36. The molecule has 2 heterocycles. The number of nitrogen functional groups attached to an aromatic ring is 1. The van der Waals surface area contributed by atoms with E-state index in [1.807, 2.05) is 47.4 Å². The molecule has 0 bridgehead atoms. The molecule has 0 saturated carbocycles. The Kier molecular flexibility index (Phi) is 6.18. The highest BCUT2D eigenvalue weighted by Gasteiger charge is 2.21. The number of nitrogens with two attached hydrogens (primary N) is 1. The highest BCUT2D eigenvalue weighted by atomic mass is 35.5. The molecule has 1 aliphatic heterocycles. The number of carbonyl (C=O) groups excluding carboxylic acids is 1. The van der Waals surface area contributed by atoms with Crippen LogP contribution in [-0.4, -0.2) is 44.1 Å². The molecule has 160 valence electrons. The minimum Gasteiger partial charge on any atom is -0.495 e. The van der Waals surface area contributed by atoms with Crippen molar-refractivity contribution in [2.45, 2.75) is 0 Å². The first-order valence-corrected chi connectivity index (χ1v) is 10.4. The Bertz CT molecular complexity index is 1100. The average molecular weight is 438 g/mol. The number of furan rings is 1. The number of benzene rings is 2. The summed E-state index contributed by atoms with van der Waals surface area (Å²) in [5.74, 6) is 2.02. The third-order valence-corrected chi connectivity index (χ3v) is 5.61. The molecule has 0 radical (unpaired) electrons. The maximum atomic E-state index is 12.6. The molecule has 6 nitrogen and oxygen atoms in total. The van der Waals surface area contributed by atoms with Gasteiger partial charge in [0, 0.05) is 43.5 Å². The first-order valence-electron chi connectivity index (χ1n) is 10.1. The van der Waals surface area contributed by atoms with Crippen molar-refractivity contribution in [3.8, 4) is 17.1 Å². The van der Waals surface area contributed by atoms with E-state index in [-0.39, 0.29) is 5.91 Å². The minimum atomic E-state index is -0.0388. The van der Waals surface area contributed by atoms with Crippen LogP contribution in [0.25, 0.3) is 17.4 Å². The van der Waals surface area contributed by atoms with Gasteiger partial charge in [-0.3, -0.25) is 4.79 Å². The zero-order valence-corrected chi connectivity index (χ0v) is 18.0. The highest BCUT2D eigenvalue weighted by molar-refractivity contribution is 6.33. The maximum Gasteiger partial charge on any atom is 0.246 e. The molecule has 4 rings (SSSR count). The van der Waals surface area contributed by atoms with E-state index in [0.29, 0.717) is 35.3 Å². The van der Waals surface area contributed by atoms with E-state index in [1.54, 1.807) is 31.4 Å². The number of methoxy groups -OCH3 is 1. The Morgan fingerprint density at radius 1 is 1.10 bits per heavy atom. The van der Waals surface area contributed by atoms with E-state index in [9.17, 15) is 4.79 Å². The summed E-state index contributed by atoms with van der Waals surface area (Å²) in [6, 6.07) is 16.8. The van der Waals surface area contributed by atoms with Gasteiger partial charge >= 0.3 is 0 Å². The van der Waals surface area contributed by atoms with Crippen molar-refractivity contribution in [1.29, 1.82) is 0 Å². The number of para-hydroxylation sites is 2. The van der Waals surface area contributed by atoms with Crippen LogP contribution in [-0.2, 0) is 4.79 Å². The van der Waals surface area contributed by atoms with Crippen LogP contribution in [0.2, 0.25) is 5.02 Å². The van der Waals surface area contributed by atoms with E-state index in [4.69, 9.17) is 26.5 Å². The van der Waals surface area contributed by atoms with Crippen molar-refractivity contribution >= 4 is 35.0 Å². The standard InChI is InChI=1S/C24H24ClN3O3/c1-30-23-5-3-2-4-21(23)27-12-14-28(15-13-27)24(29)11-8-18-7-10-22(31-18)19-9-6-17(26)16-20(19)25/h2-11,16H,12-15,26H2,1H3/b11-8+. The number of amides is 1. The molecular weight excluding hydrogens is 414 g/mol. The molecule has 2 aromatic carbocycles. The second-order valence-electron chi connectivity index (χ2n) is 7.26. The molecule has 1 aromatic heterocycles. The van der Waals surface area contributed by atoms with Gasteiger partial charge < -0.3 is 24.7 Å². The van der Waals surface area contributed by atoms with Crippen molar-refractivity contribution in [3.05, 3.63) is 71.5 Å². The first-order chi connectivity index (χ1) is 15.0. The van der Waals surface area contributed by atoms with Gasteiger partial charge in [-0.15, -0.1) is 0 Å². The van der Waals surface area contributed by atoms with Crippen LogP contribution in [0.15, 0.2) is 65.1 Å². The van der Waals surface area contributed by atoms with Gasteiger partial charge in [0.15, 0.2) is 0 Å². The van der Waals surface area contributed by atoms with E-state index < -0.39 is 0 Å². The smallest absolute Gasteiger partial charge is 0.246 e. The van der Waals surface area contributed by atoms with Gasteiger partial charge in [-0.1, -0.05) is 23.7 Å². The van der Waals surface area contributed by atoms with Crippen LogP contribution in [0.1, 0.15) is 5.76 Å². The molecule has 0 atom stereocenters. The summed E-state index contributed by atoms with van der Waals surface area (Å²) in [4.78, 5) is 16.7. The van der Waals surface area contributed by atoms with Crippen LogP contribution in [0.4, 0.5) is 11.4 Å². The average Bonchev–Trinajstić information content (AvgIpc) is 3.26. The third kappa shape index (κ3) is 4.70. The van der Waals surface area contributed by atoms with Crippen LogP contribution >= 0.6 is 11.6 Å². The summed E-state index contributed by atoms with van der Waals surface area (Å²) in [6.45, 7) is 2.79. The summed E-state index contributed by atoms with van der Waals surface area (Å²) in [5, 5.41) is 0.522. The van der Waals surface area contributed by atoms with Crippen molar-refractivity contribution < 1.29 is 13.9 Å². The zero-order valence-electron chi connectivity index (χ0n) is 17.3. The van der Waals surface area contributed by atoms with E-state index >= 15 is 0 Å². The lowest BCUT2D eigenvalue weighted by molar-refractivity contribution is -0.126. The molecule has 1 amide bonds. The third-order valence-electron chi connectivity index (χ3n) is 5.29. The Labute approximate surface area is 186 Å². The summed E-state index contributed by atoms with van der Waals surface area (Å²) >= 11 is 6.25. The van der Waals surface area contributed by atoms with Gasteiger partial charge in [-0.05, 0) is 48.5 Å². The molecule has 0 unspecified atom stereocenters.